The van der Waals surface area contributed by atoms with E-state index in [0.717, 1.165) is 16.4 Å². The number of hydrogen-bond acceptors (Lipinski definition) is 7. The minimum Gasteiger partial charge on any atom is -0.465 e. The average Bonchev–Trinajstić information content (AvgIpc) is 3.38. The fraction of sp³-hybridized carbons (Fsp3) is 0.118. The van der Waals surface area contributed by atoms with E-state index >= 15 is 0 Å². The quantitative estimate of drug-likeness (QED) is 0.587. The molecule has 126 valence electrons. The number of carbonyl (C=O) groups excluding carboxylic acids is 1. The number of furan rings is 2. The molecule has 0 saturated heterocycles. The zero-order chi connectivity index (χ0) is 17.2. The molecule has 0 fully saturated rings. The lowest BCUT2D eigenvalue weighted by Gasteiger charge is -2.04. The first kappa shape index (κ1) is 15.4. The maximum Gasteiger partial charge on any atom is 0.317 e. The molecule has 4 aromatic rings. The van der Waals surface area contributed by atoms with Crippen LogP contribution in [0.25, 0.3) is 10.7 Å². The smallest absolute Gasteiger partial charge is 0.317 e. The van der Waals surface area contributed by atoms with Crippen LogP contribution in [0.2, 0.25) is 0 Å². The van der Waals surface area contributed by atoms with Gasteiger partial charge >= 0.3 is 5.91 Å². The van der Waals surface area contributed by atoms with Gasteiger partial charge in [-0.05, 0) is 42.6 Å². The summed E-state index contributed by atoms with van der Waals surface area (Å²) >= 11 is 1.51. The Balaban J connectivity index is 1.66. The Hall–Kier alpha value is -3.13. The highest BCUT2D eigenvalue weighted by atomic mass is 32.1. The van der Waals surface area contributed by atoms with E-state index < -0.39 is 5.91 Å². The molecule has 0 atom stereocenters. The second-order valence-electron chi connectivity index (χ2n) is 5.30. The van der Waals surface area contributed by atoms with Crippen LogP contribution in [0.1, 0.15) is 22.1 Å². The Kier molecular flexibility index (Phi) is 3.95. The monoisotopic (exact) mass is 354 g/mol. The number of anilines is 1. The summed E-state index contributed by atoms with van der Waals surface area (Å²) in [5.41, 5.74) is 0. The summed E-state index contributed by atoms with van der Waals surface area (Å²) in [5, 5.41) is 9.38. The van der Waals surface area contributed by atoms with Gasteiger partial charge in [-0.1, -0.05) is 6.07 Å². The fourth-order valence-electron chi connectivity index (χ4n) is 2.33. The molecule has 8 heteroatoms. The number of nitrogens with zero attached hydrogens (tertiary/aromatic N) is 3. The largest absolute Gasteiger partial charge is 0.465 e. The molecule has 25 heavy (non-hydrogen) atoms. The molecule has 0 unspecified atom stereocenters. The zero-order valence-electron chi connectivity index (χ0n) is 13.3. The van der Waals surface area contributed by atoms with Crippen LogP contribution in [0.15, 0.2) is 56.9 Å². The third-order valence-corrected chi connectivity index (χ3v) is 4.36. The fourth-order valence-corrected chi connectivity index (χ4v) is 2.98. The van der Waals surface area contributed by atoms with Crippen molar-refractivity contribution in [2.24, 2.45) is 0 Å². The zero-order valence-corrected chi connectivity index (χ0v) is 14.1. The molecule has 0 bridgehead atoms. The third-order valence-electron chi connectivity index (χ3n) is 3.49. The number of hydrogen-bond donors (Lipinski definition) is 1. The Morgan fingerprint density at radius 3 is 2.88 bits per heavy atom. The van der Waals surface area contributed by atoms with Crippen LogP contribution in [-0.4, -0.2) is 20.7 Å². The summed E-state index contributed by atoms with van der Waals surface area (Å²) in [5.74, 6) is 2.18. The van der Waals surface area contributed by atoms with Gasteiger partial charge in [-0.15, -0.1) is 16.4 Å². The Labute approximate surface area is 146 Å². The molecule has 0 amide bonds. The molecule has 0 radical (unpaired) electrons. The molecule has 0 aliphatic carbocycles. The molecule has 4 aromatic heterocycles. The standard InChI is InChI=1S/C17H14N4O3S/c1-11-6-7-12(24-11)10-18-17-19-15(14-5-3-9-25-14)20-21(17)16(22)13-4-2-8-23-13/h2-9H,10H2,1H3,(H,18,19,20). The first-order chi connectivity index (χ1) is 12.2. The molecular formula is C17H14N4O3S. The Bertz CT molecular complexity index is 983. The normalized spacial score (nSPS) is 10.9. The minimum absolute atomic E-state index is 0.194. The van der Waals surface area contributed by atoms with Crippen molar-refractivity contribution in [3.05, 3.63) is 65.3 Å². The molecule has 0 aliphatic heterocycles. The lowest BCUT2D eigenvalue weighted by molar-refractivity contribution is 0.0919. The summed E-state index contributed by atoms with van der Waals surface area (Å²) in [6.07, 6.45) is 1.45. The first-order valence-electron chi connectivity index (χ1n) is 7.59. The second-order valence-corrected chi connectivity index (χ2v) is 6.24. The molecule has 0 aliphatic rings. The van der Waals surface area contributed by atoms with E-state index in [1.807, 2.05) is 36.6 Å². The van der Waals surface area contributed by atoms with Gasteiger partial charge in [0.15, 0.2) is 11.6 Å². The summed E-state index contributed by atoms with van der Waals surface area (Å²) in [6, 6.07) is 10.8. The van der Waals surface area contributed by atoms with Gasteiger partial charge < -0.3 is 14.2 Å². The molecule has 4 rings (SSSR count). The molecule has 4 heterocycles. The maximum absolute atomic E-state index is 12.6. The number of aromatic nitrogens is 3. The SMILES string of the molecule is Cc1ccc(CNc2nc(-c3cccs3)nn2C(=O)c2ccco2)o1. The van der Waals surface area contributed by atoms with Crippen LogP contribution in [-0.2, 0) is 6.54 Å². The van der Waals surface area contributed by atoms with Gasteiger partial charge in [0.05, 0.1) is 17.7 Å². The topological polar surface area (TPSA) is 86.1 Å². The van der Waals surface area contributed by atoms with Crippen LogP contribution < -0.4 is 5.32 Å². The number of aryl methyl sites for hydroxylation is 1. The Morgan fingerprint density at radius 2 is 2.20 bits per heavy atom. The lowest BCUT2D eigenvalue weighted by atomic mass is 10.4. The van der Waals surface area contributed by atoms with Crippen molar-refractivity contribution >= 4 is 23.2 Å². The van der Waals surface area contributed by atoms with Crippen molar-refractivity contribution in [2.45, 2.75) is 13.5 Å². The molecular weight excluding hydrogens is 340 g/mol. The van der Waals surface area contributed by atoms with E-state index in [4.69, 9.17) is 8.83 Å². The van der Waals surface area contributed by atoms with E-state index in [-0.39, 0.29) is 5.76 Å². The highest BCUT2D eigenvalue weighted by molar-refractivity contribution is 7.13. The number of thiophene rings is 1. The van der Waals surface area contributed by atoms with Gasteiger partial charge in [0, 0.05) is 0 Å². The molecule has 1 N–H and O–H groups in total. The van der Waals surface area contributed by atoms with Crippen molar-refractivity contribution in [3.8, 4) is 10.7 Å². The Morgan fingerprint density at radius 1 is 1.28 bits per heavy atom. The van der Waals surface area contributed by atoms with Crippen LogP contribution in [0.5, 0.6) is 0 Å². The lowest BCUT2D eigenvalue weighted by Crippen LogP contribution is -2.17. The predicted octanol–water partition coefficient (Wildman–Crippen LogP) is 3.80. The molecule has 7 nitrogen and oxygen atoms in total. The number of rotatable bonds is 5. The first-order valence-corrected chi connectivity index (χ1v) is 8.47. The maximum atomic E-state index is 12.6. The molecule has 0 aromatic carbocycles. The van der Waals surface area contributed by atoms with Crippen LogP contribution >= 0.6 is 11.3 Å². The van der Waals surface area contributed by atoms with E-state index in [0.29, 0.717) is 18.3 Å². The van der Waals surface area contributed by atoms with Crippen LogP contribution in [0.4, 0.5) is 5.95 Å². The van der Waals surface area contributed by atoms with Crippen molar-refractivity contribution in [3.63, 3.8) is 0 Å². The summed E-state index contributed by atoms with van der Waals surface area (Å²) in [6.45, 7) is 2.27. The van der Waals surface area contributed by atoms with Gasteiger partial charge in [0.1, 0.15) is 11.5 Å². The number of nitrogens with one attached hydrogen (secondary N) is 1. The van der Waals surface area contributed by atoms with Gasteiger partial charge in [-0.25, -0.2) is 0 Å². The van der Waals surface area contributed by atoms with Gasteiger partial charge in [0.25, 0.3) is 0 Å². The molecule has 0 spiro atoms. The van der Waals surface area contributed by atoms with Crippen LogP contribution in [0, 0.1) is 6.92 Å². The van der Waals surface area contributed by atoms with Gasteiger partial charge in [-0.2, -0.15) is 9.67 Å². The van der Waals surface area contributed by atoms with Gasteiger partial charge in [0.2, 0.25) is 5.95 Å². The molecule has 0 saturated carbocycles. The minimum atomic E-state index is -0.390. The van der Waals surface area contributed by atoms with Crippen LogP contribution in [0.3, 0.4) is 0 Å². The predicted molar refractivity (Wildman–Crippen MR) is 92.5 cm³/mol. The second kappa shape index (κ2) is 6.40. The summed E-state index contributed by atoms with van der Waals surface area (Å²) < 4.78 is 11.9. The summed E-state index contributed by atoms with van der Waals surface area (Å²) in [4.78, 5) is 18.0. The van der Waals surface area contributed by atoms with Crippen molar-refractivity contribution < 1.29 is 13.6 Å². The van der Waals surface area contributed by atoms with Crippen molar-refractivity contribution in [2.75, 3.05) is 5.32 Å². The van der Waals surface area contributed by atoms with Gasteiger partial charge in [-0.3, -0.25) is 4.79 Å². The van der Waals surface area contributed by atoms with E-state index in [2.05, 4.69) is 15.4 Å². The van der Waals surface area contributed by atoms with E-state index in [1.54, 1.807) is 12.1 Å². The highest BCUT2D eigenvalue weighted by Crippen LogP contribution is 2.24. The van der Waals surface area contributed by atoms with Crippen molar-refractivity contribution in [1.29, 1.82) is 0 Å². The average molecular weight is 354 g/mol. The number of carbonyl (C=O) groups is 1. The van der Waals surface area contributed by atoms with E-state index in [1.165, 1.54) is 22.3 Å². The van der Waals surface area contributed by atoms with Crippen molar-refractivity contribution in [1.82, 2.24) is 14.8 Å². The summed E-state index contributed by atoms with van der Waals surface area (Å²) in [7, 11) is 0. The van der Waals surface area contributed by atoms with E-state index in [9.17, 15) is 4.79 Å². The third kappa shape index (κ3) is 3.11. The highest BCUT2D eigenvalue weighted by Gasteiger charge is 2.21.